The Balaban J connectivity index is 3.01. The Morgan fingerprint density at radius 3 is 3.00 bits per heavy atom. The Morgan fingerprint density at radius 2 is 2.56 bits per heavy atom. The third-order valence-electron chi connectivity index (χ3n) is 0.891. The summed E-state index contributed by atoms with van der Waals surface area (Å²) in [5.41, 5.74) is 5.34. The van der Waals surface area contributed by atoms with Gasteiger partial charge in [0.25, 0.3) is 0 Å². The van der Waals surface area contributed by atoms with Crippen LogP contribution in [-0.4, -0.2) is 12.1 Å². The van der Waals surface area contributed by atoms with Gasteiger partial charge in [-0.3, -0.25) is 0 Å². The minimum absolute atomic E-state index is 0.344. The van der Waals surface area contributed by atoms with Crippen molar-refractivity contribution in [2.24, 2.45) is 0 Å². The van der Waals surface area contributed by atoms with Gasteiger partial charge in [0, 0.05) is 0 Å². The van der Waals surface area contributed by atoms with Crippen molar-refractivity contribution in [1.82, 2.24) is 4.98 Å². The molecule has 1 aromatic rings. The summed E-state index contributed by atoms with van der Waals surface area (Å²) in [6.07, 6.45) is 1.44. The monoisotopic (exact) mass is 122 g/mol. The maximum Gasteiger partial charge on any atom is 0.213 e. The first kappa shape index (κ1) is 5.70. The largest absolute Gasteiger partial charge is 0.486 e. The van der Waals surface area contributed by atoms with E-state index in [2.05, 4.69) is 17.1 Å². The third-order valence-corrected chi connectivity index (χ3v) is 0.891. The molecule has 0 amide bonds. The average Bonchev–Trinajstić information content (AvgIpc) is 1.89. The van der Waals surface area contributed by atoms with Crippen LogP contribution in [0.5, 0.6) is 5.75 Å². The summed E-state index contributed by atoms with van der Waals surface area (Å²) in [5, 5.41) is 0. The van der Waals surface area contributed by atoms with Gasteiger partial charge in [0.1, 0.15) is 0 Å². The molecule has 3 nitrogen and oxygen atoms in total. The summed E-state index contributed by atoms with van der Waals surface area (Å²) in [7, 11) is 1.51. The van der Waals surface area contributed by atoms with E-state index in [1.165, 1.54) is 13.3 Å². The molecule has 0 aliphatic rings. The van der Waals surface area contributed by atoms with Crippen LogP contribution in [0.4, 0.5) is 5.82 Å². The molecule has 0 unspecified atom stereocenters. The van der Waals surface area contributed by atoms with E-state index in [9.17, 15) is 0 Å². The highest BCUT2D eigenvalue weighted by Gasteiger charge is 1.92. The number of ether oxygens (including phenoxy) is 1. The number of nitrogens with zero attached hydrogens (tertiary/aromatic N) is 1. The maximum absolute atomic E-state index is 5.34. The zero-order chi connectivity index (χ0) is 6.69. The highest BCUT2D eigenvalue weighted by molar-refractivity contribution is 5.41. The number of hydrogen-bond donors (Lipinski definition) is 1. The summed E-state index contributed by atoms with van der Waals surface area (Å²) in [5.74, 6) is 0.786. The number of aromatic nitrogens is 1. The second kappa shape index (κ2) is 2.23. The van der Waals surface area contributed by atoms with Crippen LogP contribution < -0.4 is 10.5 Å². The molecule has 1 heterocycles. The number of anilines is 1. The second-order valence-electron chi connectivity index (χ2n) is 1.45. The molecule has 1 aromatic heterocycles. The van der Waals surface area contributed by atoms with Crippen molar-refractivity contribution >= 4 is 5.82 Å². The Hall–Kier alpha value is -1.43. The van der Waals surface area contributed by atoms with E-state index < -0.39 is 0 Å². The molecular formula is C6H6N2O. The van der Waals surface area contributed by atoms with E-state index in [-0.39, 0.29) is 0 Å². The van der Waals surface area contributed by atoms with E-state index in [0.29, 0.717) is 11.6 Å². The predicted molar refractivity (Wildman–Crippen MR) is 32.9 cm³/mol. The molecule has 46 valence electrons. The lowest BCUT2D eigenvalue weighted by Crippen LogP contribution is -1.92. The number of hydrogen-bond acceptors (Lipinski definition) is 3. The lowest BCUT2D eigenvalue weighted by molar-refractivity contribution is 0.415. The molecule has 9 heavy (non-hydrogen) atoms. The van der Waals surface area contributed by atoms with Crippen LogP contribution >= 0.6 is 0 Å². The molecule has 0 spiro atoms. The number of nitrogen functional groups attached to an aromatic ring is 1. The fourth-order valence-electron chi connectivity index (χ4n) is 0.478. The quantitative estimate of drug-likeness (QED) is 0.581. The topological polar surface area (TPSA) is 48.1 Å². The second-order valence-corrected chi connectivity index (χ2v) is 1.45. The molecule has 2 N–H and O–H groups in total. The highest BCUT2D eigenvalue weighted by atomic mass is 16.5. The van der Waals surface area contributed by atoms with Gasteiger partial charge in [0.15, 0.2) is 5.82 Å². The van der Waals surface area contributed by atoms with Gasteiger partial charge in [-0.15, -0.1) is 0 Å². The van der Waals surface area contributed by atoms with E-state index in [4.69, 9.17) is 10.5 Å². The summed E-state index contributed by atoms with van der Waals surface area (Å²) >= 11 is 0. The minimum atomic E-state index is 0.344. The van der Waals surface area contributed by atoms with E-state index in [1.807, 2.05) is 0 Å². The van der Waals surface area contributed by atoms with Crippen molar-refractivity contribution in [3.63, 3.8) is 0 Å². The number of nitrogens with two attached hydrogens (primary N) is 1. The van der Waals surface area contributed by atoms with Crippen molar-refractivity contribution in [2.75, 3.05) is 12.8 Å². The van der Waals surface area contributed by atoms with Crippen molar-refractivity contribution in [2.45, 2.75) is 0 Å². The van der Waals surface area contributed by atoms with Crippen molar-refractivity contribution < 1.29 is 4.74 Å². The van der Waals surface area contributed by atoms with Gasteiger partial charge in [0.2, 0.25) is 5.75 Å². The van der Waals surface area contributed by atoms with Gasteiger partial charge < -0.3 is 10.5 Å². The normalized spacial score (nSPS) is 8.11. The molecular weight excluding hydrogens is 116 g/mol. The molecule has 1 rings (SSSR count). The first-order valence-electron chi connectivity index (χ1n) is 2.42. The third kappa shape index (κ3) is 1.03. The van der Waals surface area contributed by atoms with Crippen LogP contribution in [-0.2, 0) is 0 Å². The zero-order valence-corrected chi connectivity index (χ0v) is 5.01. The molecule has 0 aromatic carbocycles. The smallest absolute Gasteiger partial charge is 0.213 e. The molecule has 3 heteroatoms. The number of rotatable bonds is 1. The summed E-state index contributed by atoms with van der Waals surface area (Å²) in [6.45, 7) is 0. The molecule has 0 fully saturated rings. The van der Waals surface area contributed by atoms with Gasteiger partial charge in [-0.1, -0.05) is 0 Å². The lowest BCUT2D eigenvalue weighted by Gasteiger charge is -1.95. The molecule has 0 aliphatic heterocycles. The van der Waals surface area contributed by atoms with Gasteiger partial charge >= 0.3 is 0 Å². The van der Waals surface area contributed by atoms with E-state index >= 15 is 0 Å². The maximum atomic E-state index is 5.34. The molecule has 0 radical (unpaired) electrons. The number of methoxy groups -OCH3 is 1. The van der Waals surface area contributed by atoms with E-state index in [0.717, 1.165) is 0 Å². The van der Waals surface area contributed by atoms with E-state index in [1.54, 1.807) is 0 Å². The van der Waals surface area contributed by atoms with Crippen molar-refractivity contribution in [1.29, 1.82) is 0 Å². The van der Waals surface area contributed by atoms with Crippen molar-refractivity contribution in [3.05, 3.63) is 18.3 Å². The Kier molecular flexibility index (Phi) is 1.41. The Labute approximate surface area is 53.5 Å². The molecule has 0 bridgehead atoms. The molecule has 0 saturated carbocycles. The first-order chi connectivity index (χ1) is 4.34. The lowest BCUT2D eigenvalue weighted by atomic mass is 10.5. The van der Waals surface area contributed by atoms with Gasteiger partial charge in [-0.25, -0.2) is 4.98 Å². The standard InChI is InChI=1S/C6H6N2O/c1-9-5-3-2-4-8-6(5)7/h4H,1H3,(H2,7,8). The summed E-state index contributed by atoms with van der Waals surface area (Å²) < 4.78 is 4.77. The van der Waals surface area contributed by atoms with Gasteiger partial charge in [-0.2, -0.15) is 0 Å². The SMILES string of the molecule is COc1c#ccnc1N. The average molecular weight is 122 g/mol. The van der Waals surface area contributed by atoms with Crippen molar-refractivity contribution in [3.8, 4) is 5.75 Å². The van der Waals surface area contributed by atoms with Crippen LogP contribution in [0.2, 0.25) is 0 Å². The molecule has 0 atom stereocenters. The van der Waals surface area contributed by atoms with Crippen LogP contribution in [0.15, 0.2) is 6.20 Å². The van der Waals surface area contributed by atoms with Crippen LogP contribution in [0.3, 0.4) is 0 Å². The van der Waals surface area contributed by atoms with Gasteiger partial charge in [0.05, 0.1) is 13.3 Å². The first-order valence-corrected chi connectivity index (χ1v) is 2.42. The Morgan fingerprint density at radius 1 is 1.78 bits per heavy atom. The predicted octanol–water partition coefficient (Wildman–Crippen LogP) is 0.273. The zero-order valence-electron chi connectivity index (χ0n) is 5.01. The van der Waals surface area contributed by atoms with Crippen LogP contribution in [0, 0.1) is 12.1 Å². The fourth-order valence-corrected chi connectivity index (χ4v) is 0.478. The van der Waals surface area contributed by atoms with Gasteiger partial charge in [-0.05, 0) is 12.1 Å². The summed E-state index contributed by atoms with van der Waals surface area (Å²) in [6, 6.07) is 5.26. The van der Waals surface area contributed by atoms with Crippen LogP contribution in [0.25, 0.3) is 0 Å². The molecule has 0 saturated heterocycles. The summed E-state index contributed by atoms with van der Waals surface area (Å²) in [4.78, 5) is 3.72. The fraction of sp³-hybridized carbons (Fsp3) is 0.167. The van der Waals surface area contributed by atoms with Crippen LogP contribution in [0.1, 0.15) is 0 Å². The molecule has 0 aliphatic carbocycles. The minimum Gasteiger partial charge on any atom is -0.486 e. The Bertz CT molecular complexity index is 200. The highest BCUT2D eigenvalue weighted by Crippen LogP contribution is 2.11.